The number of hydrogen-bond acceptors (Lipinski definition) is 4. The zero-order valence-corrected chi connectivity index (χ0v) is 26.5. The van der Waals surface area contributed by atoms with Crippen LogP contribution < -0.4 is 0 Å². The molecule has 0 heterocycles. The zero-order chi connectivity index (χ0) is 32.2. The third-order valence-corrected chi connectivity index (χ3v) is 8.22. The van der Waals surface area contributed by atoms with Crippen LogP contribution in [-0.2, 0) is 0 Å². The second kappa shape index (κ2) is 13.1. The lowest BCUT2D eigenvalue weighted by molar-refractivity contribution is 0.473. The molecule has 6 aromatic rings. The van der Waals surface area contributed by atoms with Crippen LogP contribution in [0.4, 0.5) is 11.4 Å². The fourth-order valence-electron chi connectivity index (χ4n) is 5.58. The number of para-hydroxylation sites is 2. The quantitative estimate of drug-likeness (QED) is 0.179. The molecule has 4 heteroatoms. The van der Waals surface area contributed by atoms with E-state index in [0.717, 1.165) is 44.8 Å². The number of nitrogens with zero attached hydrogens (tertiary/aromatic N) is 2. The maximum absolute atomic E-state index is 10.8. The van der Waals surface area contributed by atoms with Crippen LogP contribution in [0.15, 0.2) is 143 Å². The van der Waals surface area contributed by atoms with Crippen LogP contribution in [0, 0.1) is 13.8 Å². The second-order valence-corrected chi connectivity index (χ2v) is 11.6. The van der Waals surface area contributed by atoms with E-state index in [1.807, 2.05) is 86.6 Å². The van der Waals surface area contributed by atoms with Gasteiger partial charge in [-0.3, -0.25) is 9.98 Å². The summed E-state index contributed by atoms with van der Waals surface area (Å²) in [4.78, 5) is 10.1. The van der Waals surface area contributed by atoms with Crippen molar-refractivity contribution in [1.29, 1.82) is 0 Å². The summed E-state index contributed by atoms with van der Waals surface area (Å²) in [6, 6.07) is 43.9. The highest BCUT2D eigenvalue weighted by atomic mass is 16.3. The van der Waals surface area contributed by atoms with Crippen molar-refractivity contribution in [2.45, 2.75) is 27.7 Å². The molecule has 6 rings (SSSR count). The number of hydrogen-bond donors (Lipinski definition) is 2. The molecule has 0 atom stereocenters. The molecular formula is C42H36N2O2. The normalized spacial score (nSPS) is 11.9. The standard InChI is InChI=1S/C42H36N2O2/c1-27-13-17-31(18-14-27)33-21-23-41(45)37(25-33)29(3)43-39-11-7-5-9-35(39)36-10-6-8-12-40(36)44-30(4)38-26-34(22-24-42(38)46)32-19-15-28(2)16-20-32/h5-26,45-46H,1-4H3. The van der Waals surface area contributed by atoms with Crippen molar-refractivity contribution >= 4 is 22.8 Å². The largest absolute Gasteiger partial charge is 0.507 e. The summed E-state index contributed by atoms with van der Waals surface area (Å²) in [7, 11) is 0. The van der Waals surface area contributed by atoms with E-state index in [-0.39, 0.29) is 11.5 Å². The number of aromatic hydroxyl groups is 2. The molecule has 2 N–H and O–H groups in total. The number of aliphatic imine (C=N–C) groups is 2. The smallest absolute Gasteiger partial charge is 0.124 e. The fourth-order valence-corrected chi connectivity index (χ4v) is 5.58. The molecule has 0 saturated carbocycles. The van der Waals surface area contributed by atoms with E-state index in [1.54, 1.807) is 12.1 Å². The number of benzene rings is 6. The summed E-state index contributed by atoms with van der Waals surface area (Å²) < 4.78 is 0. The Morgan fingerprint density at radius 3 is 1.17 bits per heavy atom. The minimum atomic E-state index is 0.183. The zero-order valence-electron chi connectivity index (χ0n) is 26.5. The number of aryl methyl sites for hydroxylation is 2. The van der Waals surface area contributed by atoms with Gasteiger partial charge < -0.3 is 10.2 Å². The predicted octanol–water partition coefficient (Wildman–Crippen LogP) is 11.0. The lowest BCUT2D eigenvalue weighted by Gasteiger charge is -2.13. The van der Waals surface area contributed by atoms with Crippen LogP contribution >= 0.6 is 0 Å². The minimum Gasteiger partial charge on any atom is -0.507 e. The Morgan fingerprint density at radius 1 is 0.435 bits per heavy atom. The van der Waals surface area contributed by atoms with Crippen molar-refractivity contribution in [3.8, 4) is 44.9 Å². The fraction of sp³-hybridized carbons (Fsp3) is 0.0952. The minimum absolute atomic E-state index is 0.183. The van der Waals surface area contributed by atoms with Gasteiger partial charge in [0.1, 0.15) is 11.5 Å². The summed E-state index contributed by atoms with van der Waals surface area (Å²) in [6.07, 6.45) is 0. The molecule has 0 bridgehead atoms. The molecule has 0 aromatic heterocycles. The SMILES string of the molecule is CC(=Nc1ccccc1-c1ccccc1N=C(C)c1cc(-c2ccc(C)cc2)ccc1O)c1cc(-c2ccc(C)cc2)ccc1O. The highest BCUT2D eigenvalue weighted by Gasteiger charge is 2.14. The van der Waals surface area contributed by atoms with Crippen molar-refractivity contribution in [2.24, 2.45) is 9.98 Å². The number of phenols is 2. The molecular weight excluding hydrogens is 564 g/mol. The van der Waals surface area contributed by atoms with E-state index in [9.17, 15) is 10.2 Å². The van der Waals surface area contributed by atoms with Crippen molar-refractivity contribution in [2.75, 3.05) is 0 Å². The molecule has 46 heavy (non-hydrogen) atoms. The first-order valence-corrected chi connectivity index (χ1v) is 15.4. The van der Waals surface area contributed by atoms with E-state index < -0.39 is 0 Å². The molecule has 6 aromatic carbocycles. The van der Waals surface area contributed by atoms with Crippen LogP contribution in [0.1, 0.15) is 36.1 Å². The first kappa shape index (κ1) is 30.3. The van der Waals surface area contributed by atoms with Crippen LogP contribution in [0.2, 0.25) is 0 Å². The molecule has 0 amide bonds. The second-order valence-electron chi connectivity index (χ2n) is 11.6. The summed E-state index contributed by atoms with van der Waals surface area (Å²) >= 11 is 0. The summed E-state index contributed by atoms with van der Waals surface area (Å²) in [6.45, 7) is 7.98. The molecule has 0 radical (unpaired) electrons. The molecule has 0 saturated heterocycles. The van der Waals surface area contributed by atoms with Gasteiger partial charge in [-0.05, 0) is 86.3 Å². The third-order valence-electron chi connectivity index (χ3n) is 8.22. The van der Waals surface area contributed by atoms with E-state index >= 15 is 0 Å². The van der Waals surface area contributed by atoms with Crippen LogP contribution in [0.5, 0.6) is 11.5 Å². The van der Waals surface area contributed by atoms with Crippen molar-refractivity contribution < 1.29 is 10.2 Å². The Bertz CT molecular complexity index is 1940. The summed E-state index contributed by atoms with van der Waals surface area (Å²) in [5, 5.41) is 21.6. The average Bonchev–Trinajstić information content (AvgIpc) is 3.06. The van der Waals surface area contributed by atoms with Crippen LogP contribution in [-0.4, -0.2) is 21.6 Å². The average molecular weight is 601 g/mol. The number of phenolic OH excluding ortho intramolecular Hbond substituents is 2. The van der Waals surface area contributed by atoms with Gasteiger partial charge in [-0.1, -0.05) is 108 Å². The van der Waals surface area contributed by atoms with Crippen molar-refractivity contribution in [3.63, 3.8) is 0 Å². The predicted molar refractivity (Wildman–Crippen MR) is 192 cm³/mol. The van der Waals surface area contributed by atoms with E-state index in [4.69, 9.17) is 9.98 Å². The van der Waals surface area contributed by atoms with Gasteiger partial charge in [0.05, 0.1) is 11.4 Å². The third kappa shape index (κ3) is 6.52. The van der Waals surface area contributed by atoms with Gasteiger partial charge in [0.15, 0.2) is 0 Å². The molecule has 0 aliphatic heterocycles. The highest BCUT2D eigenvalue weighted by Crippen LogP contribution is 2.38. The van der Waals surface area contributed by atoms with E-state index in [0.29, 0.717) is 22.6 Å². The maximum atomic E-state index is 10.8. The Kier molecular flexibility index (Phi) is 8.62. The Morgan fingerprint density at radius 2 is 0.783 bits per heavy atom. The molecule has 0 fully saturated rings. The molecule has 0 aliphatic rings. The summed E-state index contributed by atoms with van der Waals surface area (Å²) in [5.41, 5.74) is 12.7. The van der Waals surface area contributed by atoms with Gasteiger partial charge in [-0.2, -0.15) is 0 Å². The highest BCUT2D eigenvalue weighted by molar-refractivity contribution is 6.06. The first-order valence-electron chi connectivity index (χ1n) is 15.4. The van der Waals surface area contributed by atoms with Gasteiger partial charge in [0, 0.05) is 33.7 Å². The van der Waals surface area contributed by atoms with Gasteiger partial charge in [0.2, 0.25) is 0 Å². The lowest BCUT2D eigenvalue weighted by atomic mass is 9.98. The number of rotatable bonds is 7. The van der Waals surface area contributed by atoms with Gasteiger partial charge in [0.25, 0.3) is 0 Å². The van der Waals surface area contributed by atoms with Crippen LogP contribution in [0.3, 0.4) is 0 Å². The van der Waals surface area contributed by atoms with E-state index in [1.165, 1.54) is 11.1 Å². The lowest BCUT2D eigenvalue weighted by Crippen LogP contribution is -1.97. The van der Waals surface area contributed by atoms with Gasteiger partial charge >= 0.3 is 0 Å². The molecule has 4 nitrogen and oxygen atoms in total. The van der Waals surface area contributed by atoms with Gasteiger partial charge in [-0.15, -0.1) is 0 Å². The first-order chi connectivity index (χ1) is 22.3. The maximum Gasteiger partial charge on any atom is 0.124 e. The van der Waals surface area contributed by atoms with Crippen molar-refractivity contribution in [1.82, 2.24) is 0 Å². The van der Waals surface area contributed by atoms with Crippen molar-refractivity contribution in [3.05, 3.63) is 156 Å². The topological polar surface area (TPSA) is 65.2 Å². The summed E-state index contributed by atoms with van der Waals surface area (Å²) in [5.74, 6) is 0.366. The monoisotopic (exact) mass is 600 g/mol. The molecule has 0 aliphatic carbocycles. The molecule has 0 spiro atoms. The van der Waals surface area contributed by atoms with E-state index in [2.05, 4.69) is 62.4 Å². The van der Waals surface area contributed by atoms with Crippen LogP contribution in [0.25, 0.3) is 33.4 Å². The van der Waals surface area contributed by atoms with Gasteiger partial charge in [-0.25, -0.2) is 0 Å². The Balaban J connectivity index is 1.38. The molecule has 0 unspecified atom stereocenters. The molecule has 226 valence electrons. The Labute approximate surface area is 270 Å². The Hall–Kier alpha value is -5.74.